The molecular formula is C26H18F4N6O2S. The number of nitrogens with zero attached hydrogens (tertiary/aromatic N) is 5. The summed E-state index contributed by atoms with van der Waals surface area (Å²) in [4.78, 5) is 28.5. The third-order valence-electron chi connectivity index (χ3n) is 7.29. The Morgan fingerprint density at radius 2 is 1.92 bits per heavy atom. The van der Waals surface area contributed by atoms with E-state index in [9.17, 15) is 23.6 Å². The minimum Gasteiger partial charge on any atom is -0.389 e. The second-order valence-electron chi connectivity index (χ2n) is 9.37. The average molecular weight is 555 g/mol. The number of rotatable bonds is 2. The summed E-state index contributed by atoms with van der Waals surface area (Å²) in [5.74, 6) is -5.25. The minimum absolute atomic E-state index is 0.0226. The summed E-state index contributed by atoms with van der Waals surface area (Å²) in [6.07, 6.45) is 0.261. The Hall–Kier alpha value is -4.44. The first-order valence-electron chi connectivity index (χ1n) is 11.9. The summed E-state index contributed by atoms with van der Waals surface area (Å²) in [6.45, 7) is 3.28. The van der Waals surface area contributed by atoms with Gasteiger partial charge in [0.15, 0.2) is 5.83 Å². The number of amides is 2. The Balaban J connectivity index is 1.55. The molecule has 2 aromatic heterocycles. The van der Waals surface area contributed by atoms with Crippen molar-refractivity contribution >= 4 is 49.1 Å². The number of nitriles is 1. The lowest BCUT2D eigenvalue weighted by atomic mass is 9.93. The van der Waals surface area contributed by atoms with Crippen molar-refractivity contribution in [2.45, 2.75) is 19.0 Å². The van der Waals surface area contributed by atoms with E-state index in [1.165, 1.54) is 20.5 Å². The maximum Gasteiger partial charge on any atom is 0.282 e. The number of anilines is 1. The van der Waals surface area contributed by atoms with E-state index in [0.29, 0.717) is 0 Å². The lowest BCUT2D eigenvalue weighted by Gasteiger charge is -2.42. The number of hydrogen-bond acceptors (Lipinski definition) is 6. The van der Waals surface area contributed by atoms with Gasteiger partial charge >= 0.3 is 0 Å². The molecule has 0 spiro atoms. The molecule has 0 bridgehead atoms. The SMILES string of the molecule is C=C(F)C(=O)N1CCN2C(=O)c3cc(F)c(-c4ccc(F)c5sc(N)c(C#N)c45)c4c(F)nn(c34)CCC2C1. The number of benzene rings is 2. The van der Waals surface area contributed by atoms with Gasteiger partial charge in [-0.25, -0.2) is 13.2 Å². The molecule has 39 heavy (non-hydrogen) atoms. The van der Waals surface area contributed by atoms with Gasteiger partial charge in [0.25, 0.3) is 11.8 Å². The van der Waals surface area contributed by atoms with Crippen molar-refractivity contribution in [3.8, 4) is 17.2 Å². The number of nitrogens with two attached hydrogens (primary N) is 1. The number of piperazine rings is 1. The first-order chi connectivity index (χ1) is 18.6. The van der Waals surface area contributed by atoms with Crippen LogP contribution in [-0.4, -0.2) is 57.1 Å². The number of aromatic nitrogens is 2. The molecule has 13 heteroatoms. The average Bonchev–Trinajstić information content (AvgIpc) is 3.42. The molecule has 4 heterocycles. The fourth-order valence-corrected chi connectivity index (χ4v) is 6.51. The highest BCUT2D eigenvalue weighted by molar-refractivity contribution is 7.23. The highest BCUT2D eigenvalue weighted by Gasteiger charge is 2.38. The summed E-state index contributed by atoms with van der Waals surface area (Å²) in [5, 5.41) is 13.4. The molecule has 2 amide bonds. The van der Waals surface area contributed by atoms with Crippen LogP contribution in [0.1, 0.15) is 22.3 Å². The molecule has 2 aliphatic rings. The van der Waals surface area contributed by atoms with Crippen molar-refractivity contribution in [1.29, 1.82) is 5.26 Å². The Kier molecular flexibility index (Phi) is 5.62. The molecule has 8 nitrogen and oxygen atoms in total. The zero-order valence-electron chi connectivity index (χ0n) is 20.1. The zero-order chi connectivity index (χ0) is 27.7. The standard InChI is InChI=1S/C26H18F4N6O2S/c1-11(27)25(37)34-6-7-35-12(10-34)4-5-36-21-14(26(35)38)8-17(29)19(20(21)23(30)33-36)13-2-3-16(28)22-18(13)15(9-31)24(32)39-22/h2-3,8,12H,1,4-7,10,32H2. The first-order valence-corrected chi connectivity index (χ1v) is 12.7. The van der Waals surface area contributed by atoms with Crippen LogP contribution in [0.4, 0.5) is 22.6 Å². The van der Waals surface area contributed by atoms with E-state index in [4.69, 9.17) is 5.73 Å². The number of aryl methyl sites for hydroxylation is 1. The van der Waals surface area contributed by atoms with Gasteiger partial charge in [-0.15, -0.1) is 16.4 Å². The van der Waals surface area contributed by atoms with Crippen LogP contribution >= 0.6 is 11.3 Å². The van der Waals surface area contributed by atoms with Crippen molar-refractivity contribution in [1.82, 2.24) is 19.6 Å². The van der Waals surface area contributed by atoms with E-state index in [-0.39, 0.29) is 80.8 Å². The summed E-state index contributed by atoms with van der Waals surface area (Å²) >= 11 is 0.827. The molecule has 6 rings (SSSR count). The third kappa shape index (κ3) is 3.59. The molecule has 0 saturated carbocycles. The monoisotopic (exact) mass is 554 g/mol. The molecule has 198 valence electrons. The van der Waals surface area contributed by atoms with Gasteiger partial charge in [-0.3, -0.25) is 14.3 Å². The van der Waals surface area contributed by atoms with Crippen molar-refractivity contribution in [3.05, 3.63) is 59.3 Å². The molecule has 1 fully saturated rings. The lowest BCUT2D eigenvalue weighted by Crippen LogP contribution is -2.57. The van der Waals surface area contributed by atoms with E-state index in [1.807, 2.05) is 6.07 Å². The number of hydrogen-bond donors (Lipinski definition) is 1. The second kappa shape index (κ2) is 8.81. The normalized spacial score (nSPS) is 17.2. The van der Waals surface area contributed by atoms with Gasteiger partial charge in [-0.1, -0.05) is 12.6 Å². The number of carbonyl (C=O) groups is 2. The van der Waals surface area contributed by atoms with Crippen molar-refractivity contribution in [2.75, 3.05) is 25.4 Å². The van der Waals surface area contributed by atoms with E-state index >= 15 is 8.78 Å². The molecule has 2 N–H and O–H groups in total. The first kappa shape index (κ1) is 24.9. The summed E-state index contributed by atoms with van der Waals surface area (Å²) < 4.78 is 60.8. The number of nitrogen functional groups attached to an aromatic ring is 1. The van der Waals surface area contributed by atoms with Crippen LogP contribution in [-0.2, 0) is 11.3 Å². The number of carbonyl (C=O) groups excluding carboxylic acids is 2. The van der Waals surface area contributed by atoms with E-state index in [2.05, 4.69) is 11.7 Å². The summed E-state index contributed by atoms with van der Waals surface area (Å²) in [6, 6.07) is 4.69. The van der Waals surface area contributed by atoms with E-state index < -0.39 is 41.3 Å². The molecule has 0 aliphatic carbocycles. The Morgan fingerprint density at radius 1 is 1.15 bits per heavy atom. The largest absolute Gasteiger partial charge is 0.389 e. The quantitative estimate of drug-likeness (QED) is 0.293. The van der Waals surface area contributed by atoms with Gasteiger partial charge in [-0.05, 0) is 24.1 Å². The molecule has 4 aromatic rings. The van der Waals surface area contributed by atoms with Crippen LogP contribution in [0.5, 0.6) is 0 Å². The van der Waals surface area contributed by atoms with Crippen LogP contribution in [0.2, 0.25) is 0 Å². The zero-order valence-corrected chi connectivity index (χ0v) is 20.9. The third-order valence-corrected chi connectivity index (χ3v) is 8.32. The van der Waals surface area contributed by atoms with Gasteiger partial charge in [0.05, 0.1) is 32.8 Å². The van der Waals surface area contributed by atoms with Crippen LogP contribution in [0, 0.1) is 28.9 Å². The van der Waals surface area contributed by atoms with Gasteiger partial charge in [0.2, 0.25) is 5.95 Å². The second-order valence-corrected chi connectivity index (χ2v) is 10.4. The Morgan fingerprint density at radius 3 is 2.64 bits per heavy atom. The molecule has 1 saturated heterocycles. The molecule has 2 aromatic carbocycles. The summed E-state index contributed by atoms with van der Waals surface area (Å²) in [5.41, 5.74) is 5.57. The fourth-order valence-electron chi connectivity index (χ4n) is 5.56. The van der Waals surface area contributed by atoms with Crippen LogP contribution in [0.3, 0.4) is 0 Å². The molecule has 0 radical (unpaired) electrons. The fraction of sp³-hybridized carbons (Fsp3) is 0.231. The van der Waals surface area contributed by atoms with Crippen LogP contribution in [0.15, 0.2) is 30.6 Å². The van der Waals surface area contributed by atoms with Crippen LogP contribution < -0.4 is 5.73 Å². The minimum atomic E-state index is -1.11. The lowest BCUT2D eigenvalue weighted by molar-refractivity contribution is -0.131. The molecule has 2 aliphatic heterocycles. The number of thiophene rings is 1. The van der Waals surface area contributed by atoms with E-state index in [1.54, 1.807) is 0 Å². The highest BCUT2D eigenvalue weighted by atomic mass is 32.1. The number of halogens is 4. The van der Waals surface area contributed by atoms with Gasteiger partial charge in [0.1, 0.15) is 22.7 Å². The smallest absolute Gasteiger partial charge is 0.282 e. The molecule has 1 unspecified atom stereocenters. The van der Waals surface area contributed by atoms with Crippen molar-refractivity contribution < 1.29 is 27.2 Å². The predicted octanol–water partition coefficient (Wildman–Crippen LogP) is 4.33. The van der Waals surface area contributed by atoms with Gasteiger partial charge < -0.3 is 15.5 Å². The molecule has 1 atom stereocenters. The van der Waals surface area contributed by atoms with Crippen molar-refractivity contribution in [2.24, 2.45) is 0 Å². The Labute approximate surface area is 222 Å². The van der Waals surface area contributed by atoms with E-state index in [0.717, 1.165) is 23.5 Å². The van der Waals surface area contributed by atoms with Crippen LogP contribution in [0.25, 0.3) is 32.1 Å². The number of fused-ring (bicyclic) bond motifs is 2. The maximum absolute atomic E-state index is 15.9. The van der Waals surface area contributed by atoms with Gasteiger partial charge in [-0.2, -0.15) is 9.65 Å². The predicted molar refractivity (Wildman–Crippen MR) is 136 cm³/mol. The molecular weight excluding hydrogens is 536 g/mol. The highest BCUT2D eigenvalue weighted by Crippen LogP contribution is 2.45. The van der Waals surface area contributed by atoms with Gasteiger partial charge in [0, 0.05) is 37.1 Å². The summed E-state index contributed by atoms with van der Waals surface area (Å²) in [7, 11) is 0. The Bertz CT molecular complexity index is 1810. The van der Waals surface area contributed by atoms with Crippen molar-refractivity contribution in [3.63, 3.8) is 0 Å². The topological polar surface area (TPSA) is 108 Å². The maximum atomic E-state index is 15.9.